The van der Waals surface area contributed by atoms with Crippen molar-refractivity contribution in [3.05, 3.63) is 101 Å². The number of Topliss-reactive ketones (excluding diaryl/α,β-unsaturated/α-hetero) is 1. The molecule has 6 nitrogen and oxygen atoms in total. The van der Waals surface area contributed by atoms with Crippen LogP contribution in [0.5, 0.6) is 0 Å². The Morgan fingerprint density at radius 3 is 2.12 bits per heavy atom. The fraction of sp³-hybridized carbons (Fsp3) is 0.394. The molecule has 1 aromatic heterocycles. The summed E-state index contributed by atoms with van der Waals surface area (Å²) in [5, 5.41) is 8.98. The number of hydrogen-bond acceptors (Lipinski definition) is 5. The third kappa shape index (κ3) is 7.19. The molecule has 0 spiro atoms. The molecule has 1 saturated heterocycles. The first-order valence-corrected chi connectivity index (χ1v) is 14.2. The average molecular weight is 539 g/mol. The molecule has 1 aliphatic heterocycles. The standard InChI is InChI=1S/C33H35FN4O2/c34-29-14-12-28(13-15-29)23-37-16-18-38(19-17-37)33(40)31-3-1-2-30(36-31)32(39)21-26-6-4-24(5-7-26)20-25-8-10-27(22-35)11-9-25/h1-3,8-15,24,26H,4-7,16-21,23H2. The lowest BCUT2D eigenvalue weighted by atomic mass is 9.77. The van der Waals surface area contributed by atoms with Crippen molar-refractivity contribution >= 4 is 11.7 Å². The summed E-state index contributed by atoms with van der Waals surface area (Å²) >= 11 is 0. The second-order valence-corrected chi connectivity index (χ2v) is 11.1. The molecule has 0 bridgehead atoms. The summed E-state index contributed by atoms with van der Waals surface area (Å²) in [5.74, 6) is 0.583. The van der Waals surface area contributed by atoms with Crippen LogP contribution in [-0.4, -0.2) is 52.7 Å². The van der Waals surface area contributed by atoms with E-state index in [-0.39, 0.29) is 17.5 Å². The largest absolute Gasteiger partial charge is 0.335 e. The highest BCUT2D eigenvalue weighted by Crippen LogP contribution is 2.33. The van der Waals surface area contributed by atoms with Gasteiger partial charge in [0.25, 0.3) is 5.91 Å². The molecule has 0 unspecified atom stereocenters. The van der Waals surface area contributed by atoms with E-state index in [0.717, 1.165) is 57.3 Å². The Labute approximate surface area is 235 Å². The first kappa shape index (κ1) is 27.7. The number of aromatic nitrogens is 1. The number of carbonyl (C=O) groups is 2. The topological polar surface area (TPSA) is 77.3 Å². The lowest BCUT2D eigenvalue weighted by Gasteiger charge is -2.34. The maximum Gasteiger partial charge on any atom is 0.272 e. The smallest absolute Gasteiger partial charge is 0.272 e. The molecule has 40 heavy (non-hydrogen) atoms. The molecule has 5 rings (SSSR count). The third-order valence-electron chi connectivity index (χ3n) is 8.28. The minimum absolute atomic E-state index is 0.00862. The zero-order valence-electron chi connectivity index (χ0n) is 22.8. The molecule has 7 heteroatoms. The van der Waals surface area contributed by atoms with E-state index in [1.807, 2.05) is 24.3 Å². The molecule has 206 valence electrons. The van der Waals surface area contributed by atoms with Crippen molar-refractivity contribution in [1.82, 2.24) is 14.8 Å². The highest BCUT2D eigenvalue weighted by atomic mass is 19.1. The van der Waals surface area contributed by atoms with Crippen LogP contribution in [0.25, 0.3) is 0 Å². The molecule has 1 saturated carbocycles. The minimum atomic E-state index is -0.240. The zero-order valence-corrected chi connectivity index (χ0v) is 22.8. The van der Waals surface area contributed by atoms with Gasteiger partial charge in [-0.3, -0.25) is 14.5 Å². The lowest BCUT2D eigenvalue weighted by Crippen LogP contribution is -2.48. The maximum atomic E-state index is 13.2. The zero-order chi connectivity index (χ0) is 27.9. The predicted molar refractivity (Wildman–Crippen MR) is 151 cm³/mol. The van der Waals surface area contributed by atoms with Gasteiger partial charge in [-0.2, -0.15) is 5.26 Å². The molecule has 1 aliphatic carbocycles. The summed E-state index contributed by atoms with van der Waals surface area (Å²) in [6.07, 6.45) is 5.71. The first-order chi connectivity index (χ1) is 19.5. The van der Waals surface area contributed by atoms with Crippen molar-refractivity contribution in [2.24, 2.45) is 11.8 Å². The molecule has 2 fully saturated rings. The molecular formula is C33H35FN4O2. The molecule has 1 amide bonds. The summed E-state index contributed by atoms with van der Waals surface area (Å²) in [4.78, 5) is 34.8. The van der Waals surface area contributed by atoms with Gasteiger partial charge >= 0.3 is 0 Å². The maximum absolute atomic E-state index is 13.2. The van der Waals surface area contributed by atoms with Crippen LogP contribution >= 0.6 is 0 Å². The van der Waals surface area contributed by atoms with Crippen LogP contribution < -0.4 is 0 Å². The van der Waals surface area contributed by atoms with Crippen molar-refractivity contribution in [2.45, 2.75) is 45.1 Å². The SMILES string of the molecule is N#Cc1ccc(CC2CCC(CC(=O)c3cccc(C(=O)N4CCN(Cc5ccc(F)cc5)CC4)n3)CC2)cc1. The normalized spacial score (nSPS) is 19.6. The molecule has 2 aromatic carbocycles. The second kappa shape index (κ2) is 13.0. The van der Waals surface area contributed by atoms with Crippen molar-refractivity contribution < 1.29 is 14.0 Å². The van der Waals surface area contributed by atoms with Crippen LogP contribution in [0.3, 0.4) is 0 Å². The second-order valence-electron chi connectivity index (χ2n) is 11.1. The number of amides is 1. The van der Waals surface area contributed by atoms with E-state index in [1.165, 1.54) is 17.7 Å². The summed E-state index contributed by atoms with van der Waals surface area (Å²) in [5.41, 5.74) is 3.70. The lowest BCUT2D eigenvalue weighted by molar-refractivity contribution is 0.0622. The molecular weight excluding hydrogens is 503 g/mol. The molecule has 0 N–H and O–H groups in total. The van der Waals surface area contributed by atoms with Gasteiger partial charge in [0.2, 0.25) is 0 Å². The third-order valence-corrected chi connectivity index (χ3v) is 8.28. The quantitative estimate of drug-likeness (QED) is 0.345. The number of hydrogen-bond donors (Lipinski definition) is 0. The van der Waals surface area contributed by atoms with Crippen molar-refractivity contribution in [3.8, 4) is 6.07 Å². The Bertz CT molecular complexity index is 1350. The van der Waals surface area contributed by atoms with Crippen molar-refractivity contribution in [3.63, 3.8) is 0 Å². The minimum Gasteiger partial charge on any atom is -0.335 e. The fourth-order valence-electron chi connectivity index (χ4n) is 5.88. The summed E-state index contributed by atoms with van der Waals surface area (Å²) in [6, 6.07) is 21.7. The van der Waals surface area contributed by atoms with Gasteiger partial charge in [-0.15, -0.1) is 0 Å². The van der Waals surface area contributed by atoms with Gasteiger partial charge in [0.1, 0.15) is 17.2 Å². The van der Waals surface area contributed by atoms with Gasteiger partial charge in [-0.25, -0.2) is 9.37 Å². The molecule has 3 aromatic rings. The van der Waals surface area contributed by atoms with E-state index in [4.69, 9.17) is 5.26 Å². The van der Waals surface area contributed by atoms with Gasteiger partial charge in [0.15, 0.2) is 5.78 Å². The molecule has 2 aliphatic rings. The fourth-order valence-corrected chi connectivity index (χ4v) is 5.88. The monoisotopic (exact) mass is 538 g/mol. The number of pyridine rings is 1. The molecule has 2 heterocycles. The average Bonchev–Trinajstić information content (AvgIpc) is 3.00. The van der Waals surface area contributed by atoms with Crippen LogP contribution in [0.2, 0.25) is 0 Å². The van der Waals surface area contributed by atoms with Gasteiger partial charge < -0.3 is 4.90 Å². The Hall–Kier alpha value is -3.89. The van der Waals surface area contributed by atoms with Crippen LogP contribution in [0.15, 0.2) is 66.7 Å². The Morgan fingerprint density at radius 2 is 1.45 bits per heavy atom. The number of piperazine rings is 1. The van der Waals surface area contributed by atoms with E-state index in [0.29, 0.717) is 48.3 Å². The van der Waals surface area contributed by atoms with Gasteiger partial charge in [-0.1, -0.05) is 30.3 Å². The number of halogens is 1. The Balaban J connectivity index is 1.08. The number of rotatable bonds is 8. The predicted octanol–water partition coefficient (Wildman–Crippen LogP) is 5.67. The number of nitriles is 1. The Morgan fingerprint density at radius 1 is 0.825 bits per heavy atom. The highest BCUT2D eigenvalue weighted by Gasteiger charge is 2.26. The molecule has 0 radical (unpaired) electrons. The van der Waals surface area contributed by atoms with E-state index in [9.17, 15) is 14.0 Å². The number of carbonyl (C=O) groups excluding carboxylic acids is 2. The van der Waals surface area contributed by atoms with E-state index < -0.39 is 0 Å². The van der Waals surface area contributed by atoms with Crippen molar-refractivity contribution in [2.75, 3.05) is 26.2 Å². The summed E-state index contributed by atoms with van der Waals surface area (Å²) in [6.45, 7) is 3.37. The van der Waals surface area contributed by atoms with Crippen LogP contribution in [0.1, 0.15) is 69.8 Å². The van der Waals surface area contributed by atoms with Gasteiger partial charge in [-0.05, 0) is 91.5 Å². The summed E-state index contributed by atoms with van der Waals surface area (Å²) in [7, 11) is 0. The van der Waals surface area contributed by atoms with Gasteiger partial charge in [0, 0.05) is 39.1 Å². The number of ketones is 1. The van der Waals surface area contributed by atoms with Gasteiger partial charge in [0.05, 0.1) is 11.6 Å². The van der Waals surface area contributed by atoms with Crippen LogP contribution in [0.4, 0.5) is 4.39 Å². The van der Waals surface area contributed by atoms with E-state index >= 15 is 0 Å². The van der Waals surface area contributed by atoms with Crippen molar-refractivity contribution in [1.29, 1.82) is 5.26 Å². The molecule has 0 atom stereocenters. The number of nitrogens with zero attached hydrogens (tertiary/aromatic N) is 4. The van der Waals surface area contributed by atoms with E-state index in [2.05, 4.69) is 16.0 Å². The number of benzene rings is 2. The Kier molecular flexibility index (Phi) is 8.98. The highest BCUT2D eigenvalue weighted by molar-refractivity contribution is 5.97. The summed E-state index contributed by atoms with van der Waals surface area (Å²) < 4.78 is 13.2. The van der Waals surface area contributed by atoms with Crippen LogP contribution in [0, 0.1) is 29.0 Å². The first-order valence-electron chi connectivity index (χ1n) is 14.2. The van der Waals surface area contributed by atoms with Crippen LogP contribution in [-0.2, 0) is 13.0 Å². The van der Waals surface area contributed by atoms with E-state index in [1.54, 1.807) is 35.2 Å².